The van der Waals surface area contributed by atoms with E-state index in [1.807, 2.05) is 12.1 Å². The minimum atomic E-state index is -1.12. The molecular formula is C34H22O8. The monoisotopic (exact) mass is 558 g/mol. The summed E-state index contributed by atoms with van der Waals surface area (Å²) >= 11 is 0. The van der Waals surface area contributed by atoms with Gasteiger partial charge in [-0.2, -0.15) is 0 Å². The van der Waals surface area contributed by atoms with E-state index in [9.17, 15) is 29.4 Å². The fourth-order valence-electron chi connectivity index (χ4n) is 4.32. The molecule has 0 heterocycles. The van der Waals surface area contributed by atoms with Crippen LogP contribution < -0.4 is 9.47 Å². The first-order valence-electron chi connectivity index (χ1n) is 12.7. The standard InChI is InChI=1S/C34H22O8/c35-31(36)23-11-17-27(29(19-23)21-7-3-1-4-8-21)33(39)41-25-13-15-26(16-14-25)42-34(40)28-18-12-24(32(37)38)20-30(28)22-9-5-2-6-10-22/h1-20H,(H,35,36)(H,37,38). The van der Waals surface area contributed by atoms with Gasteiger partial charge in [0.2, 0.25) is 0 Å². The van der Waals surface area contributed by atoms with Crippen molar-refractivity contribution < 1.29 is 38.9 Å². The molecule has 8 nitrogen and oxygen atoms in total. The summed E-state index contributed by atoms with van der Waals surface area (Å²) in [6.07, 6.45) is 0. The van der Waals surface area contributed by atoms with E-state index in [2.05, 4.69) is 0 Å². The number of rotatable bonds is 8. The molecule has 5 aromatic carbocycles. The highest BCUT2D eigenvalue weighted by molar-refractivity contribution is 6.02. The van der Waals surface area contributed by atoms with Crippen molar-refractivity contribution in [3.8, 4) is 33.8 Å². The zero-order valence-electron chi connectivity index (χ0n) is 21.9. The first kappa shape index (κ1) is 27.5. The number of carboxylic acids is 2. The first-order valence-corrected chi connectivity index (χ1v) is 12.7. The summed E-state index contributed by atoms with van der Waals surface area (Å²) in [6.45, 7) is 0. The predicted octanol–water partition coefficient (Wildman–Crippen LogP) is 6.86. The summed E-state index contributed by atoms with van der Waals surface area (Å²) in [5.74, 6) is -3.27. The van der Waals surface area contributed by atoms with Crippen LogP contribution in [0.15, 0.2) is 121 Å². The molecule has 0 saturated carbocycles. The van der Waals surface area contributed by atoms with E-state index in [0.717, 1.165) is 0 Å². The van der Waals surface area contributed by atoms with E-state index in [1.165, 1.54) is 60.7 Å². The number of carbonyl (C=O) groups excluding carboxylic acids is 2. The van der Waals surface area contributed by atoms with Crippen LogP contribution in [0.3, 0.4) is 0 Å². The number of hydrogen-bond acceptors (Lipinski definition) is 6. The molecule has 0 unspecified atom stereocenters. The normalized spacial score (nSPS) is 10.5. The highest BCUT2D eigenvalue weighted by Crippen LogP contribution is 2.29. The van der Waals surface area contributed by atoms with Crippen molar-refractivity contribution in [1.29, 1.82) is 0 Å². The van der Waals surface area contributed by atoms with E-state index in [4.69, 9.17) is 9.47 Å². The Hall–Kier alpha value is -6.02. The van der Waals surface area contributed by atoms with Crippen LogP contribution in [0.4, 0.5) is 0 Å². The van der Waals surface area contributed by atoms with Gasteiger partial charge in [-0.15, -0.1) is 0 Å². The molecule has 8 heteroatoms. The average molecular weight is 559 g/mol. The van der Waals surface area contributed by atoms with Gasteiger partial charge >= 0.3 is 23.9 Å². The Morgan fingerprint density at radius 1 is 0.452 bits per heavy atom. The van der Waals surface area contributed by atoms with Crippen molar-refractivity contribution in [3.05, 3.63) is 144 Å². The third-order valence-corrected chi connectivity index (χ3v) is 6.39. The molecular weight excluding hydrogens is 536 g/mol. The van der Waals surface area contributed by atoms with E-state index in [0.29, 0.717) is 22.3 Å². The Balaban J connectivity index is 1.35. The fourth-order valence-corrected chi connectivity index (χ4v) is 4.32. The molecule has 0 radical (unpaired) electrons. The quantitative estimate of drug-likeness (QED) is 0.156. The lowest BCUT2D eigenvalue weighted by Crippen LogP contribution is -2.12. The Morgan fingerprint density at radius 2 is 0.810 bits per heavy atom. The van der Waals surface area contributed by atoms with Gasteiger partial charge in [0.25, 0.3) is 0 Å². The molecule has 42 heavy (non-hydrogen) atoms. The molecule has 5 aromatic rings. The van der Waals surface area contributed by atoms with Crippen LogP contribution in [0.1, 0.15) is 41.4 Å². The Bertz CT molecular complexity index is 1660. The van der Waals surface area contributed by atoms with Crippen molar-refractivity contribution in [2.75, 3.05) is 0 Å². The molecule has 0 fully saturated rings. The number of ether oxygens (including phenoxy) is 2. The lowest BCUT2D eigenvalue weighted by atomic mass is 9.97. The molecule has 0 aliphatic heterocycles. The Kier molecular flexibility index (Phi) is 7.88. The molecule has 0 aromatic heterocycles. The maximum Gasteiger partial charge on any atom is 0.344 e. The van der Waals surface area contributed by atoms with Crippen LogP contribution >= 0.6 is 0 Å². The average Bonchev–Trinajstić information content (AvgIpc) is 3.02. The van der Waals surface area contributed by atoms with Crippen molar-refractivity contribution in [3.63, 3.8) is 0 Å². The molecule has 0 amide bonds. The molecule has 0 aliphatic carbocycles. The summed E-state index contributed by atoms with van der Waals surface area (Å²) in [7, 11) is 0. The third-order valence-electron chi connectivity index (χ3n) is 6.39. The molecule has 0 aliphatic rings. The second-order valence-electron chi connectivity index (χ2n) is 9.11. The number of esters is 2. The Morgan fingerprint density at radius 3 is 1.14 bits per heavy atom. The van der Waals surface area contributed by atoms with Crippen molar-refractivity contribution >= 4 is 23.9 Å². The van der Waals surface area contributed by atoms with E-state index in [-0.39, 0.29) is 33.8 Å². The van der Waals surface area contributed by atoms with Crippen LogP contribution in [0.5, 0.6) is 11.5 Å². The lowest BCUT2D eigenvalue weighted by Gasteiger charge is -2.12. The number of hydrogen-bond donors (Lipinski definition) is 2. The zero-order chi connectivity index (χ0) is 29.6. The molecule has 2 N–H and O–H groups in total. The zero-order valence-corrected chi connectivity index (χ0v) is 21.9. The van der Waals surface area contributed by atoms with Crippen LogP contribution in [0.2, 0.25) is 0 Å². The van der Waals surface area contributed by atoms with Crippen molar-refractivity contribution in [2.45, 2.75) is 0 Å². The largest absolute Gasteiger partial charge is 0.478 e. The van der Waals surface area contributed by atoms with Crippen LogP contribution in [0, 0.1) is 0 Å². The number of benzene rings is 5. The minimum Gasteiger partial charge on any atom is -0.478 e. The molecule has 0 spiro atoms. The topological polar surface area (TPSA) is 127 Å². The second kappa shape index (κ2) is 12.0. The van der Waals surface area contributed by atoms with Crippen molar-refractivity contribution in [2.24, 2.45) is 0 Å². The van der Waals surface area contributed by atoms with E-state index in [1.54, 1.807) is 48.5 Å². The maximum atomic E-state index is 13.1. The Labute approximate surface area is 240 Å². The van der Waals surface area contributed by atoms with Gasteiger partial charge in [-0.25, -0.2) is 19.2 Å². The molecule has 5 rings (SSSR count). The molecule has 0 saturated heterocycles. The van der Waals surface area contributed by atoms with Gasteiger partial charge in [0, 0.05) is 0 Å². The summed E-state index contributed by atoms with van der Waals surface area (Å²) in [5.41, 5.74) is 2.56. The van der Waals surface area contributed by atoms with Gasteiger partial charge < -0.3 is 19.7 Å². The van der Waals surface area contributed by atoms with Gasteiger partial charge in [-0.1, -0.05) is 60.7 Å². The third kappa shape index (κ3) is 6.08. The van der Waals surface area contributed by atoms with Crippen molar-refractivity contribution in [1.82, 2.24) is 0 Å². The lowest BCUT2D eigenvalue weighted by molar-refractivity contribution is 0.0685. The number of carbonyl (C=O) groups is 4. The van der Waals surface area contributed by atoms with Crippen LogP contribution in [-0.2, 0) is 0 Å². The summed E-state index contributed by atoms with van der Waals surface area (Å²) in [6, 6.07) is 31.9. The van der Waals surface area contributed by atoms with Gasteiger partial charge in [0.1, 0.15) is 11.5 Å². The SMILES string of the molecule is O=C(O)c1ccc(C(=O)Oc2ccc(OC(=O)c3ccc(C(=O)O)cc3-c3ccccc3)cc2)c(-c2ccccc2)c1. The van der Waals surface area contributed by atoms with E-state index >= 15 is 0 Å². The predicted molar refractivity (Wildman–Crippen MR) is 154 cm³/mol. The van der Waals surface area contributed by atoms with Crippen LogP contribution in [-0.4, -0.2) is 34.1 Å². The minimum absolute atomic E-state index is 0.0320. The van der Waals surface area contributed by atoms with Gasteiger partial charge in [-0.3, -0.25) is 0 Å². The van der Waals surface area contributed by atoms with Gasteiger partial charge in [0.15, 0.2) is 0 Å². The fraction of sp³-hybridized carbons (Fsp3) is 0. The van der Waals surface area contributed by atoms with Crippen LogP contribution in [0.25, 0.3) is 22.3 Å². The smallest absolute Gasteiger partial charge is 0.344 e. The molecule has 206 valence electrons. The number of carboxylic acid groups (broad SMARTS) is 2. The first-order chi connectivity index (χ1) is 20.3. The molecule has 0 bridgehead atoms. The number of aromatic carboxylic acids is 2. The van der Waals surface area contributed by atoms with E-state index < -0.39 is 23.9 Å². The highest BCUT2D eigenvalue weighted by atomic mass is 16.5. The van der Waals surface area contributed by atoms with Gasteiger partial charge in [-0.05, 0) is 82.9 Å². The summed E-state index contributed by atoms with van der Waals surface area (Å²) < 4.78 is 11.1. The second-order valence-corrected chi connectivity index (χ2v) is 9.11. The maximum absolute atomic E-state index is 13.1. The summed E-state index contributed by atoms with van der Waals surface area (Å²) in [5, 5.41) is 18.8. The highest BCUT2D eigenvalue weighted by Gasteiger charge is 2.20. The molecule has 0 atom stereocenters. The van der Waals surface area contributed by atoms with Gasteiger partial charge in [0.05, 0.1) is 22.3 Å². The summed E-state index contributed by atoms with van der Waals surface area (Å²) in [4.78, 5) is 49.2.